The summed E-state index contributed by atoms with van der Waals surface area (Å²) in [6.07, 6.45) is 0. The van der Waals surface area contributed by atoms with Crippen molar-refractivity contribution in [3.05, 3.63) is 54.1 Å². The number of carbonyl (C=O) groups excluding carboxylic acids is 1. The van der Waals surface area contributed by atoms with Crippen LogP contribution in [-0.2, 0) is 4.79 Å². The van der Waals surface area contributed by atoms with Crippen LogP contribution in [0, 0.1) is 6.92 Å². The Morgan fingerprint density at radius 2 is 1.97 bits per heavy atom. The highest BCUT2D eigenvalue weighted by Crippen LogP contribution is 2.21. The topological polar surface area (TPSA) is 75.9 Å². The fourth-order valence-corrected chi connectivity index (χ4v) is 3.79. The number of rotatable bonds is 8. The molecule has 0 aliphatic rings. The van der Waals surface area contributed by atoms with Gasteiger partial charge in [-0.25, -0.2) is 0 Å². The Bertz CT molecular complexity index is 954. The number of benzene rings is 2. The third-order valence-corrected chi connectivity index (χ3v) is 5.39. The van der Waals surface area contributed by atoms with Crippen LogP contribution in [0.25, 0.3) is 5.69 Å². The zero-order valence-corrected chi connectivity index (χ0v) is 18.0. The van der Waals surface area contributed by atoms with E-state index in [4.69, 9.17) is 0 Å². The van der Waals surface area contributed by atoms with Crippen molar-refractivity contribution >= 4 is 29.0 Å². The van der Waals surface area contributed by atoms with Crippen LogP contribution in [0.5, 0.6) is 0 Å². The van der Waals surface area contributed by atoms with Gasteiger partial charge in [0.1, 0.15) is 0 Å². The second-order valence-corrected chi connectivity index (χ2v) is 7.92. The molecule has 7 nitrogen and oxygen atoms in total. The van der Waals surface area contributed by atoms with E-state index >= 15 is 0 Å². The number of aromatic nitrogens is 4. The highest BCUT2D eigenvalue weighted by Gasteiger charge is 2.13. The number of hydrogen-bond acceptors (Lipinski definition) is 6. The van der Waals surface area contributed by atoms with Gasteiger partial charge in [0.25, 0.3) is 0 Å². The van der Waals surface area contributed by atoms with E-state index in [1.807, 2.05) is 55.5 Å². The molecular weight excluding hydrogens is 384 g/mol. The minimum Gasteiger partial charge on any atom is -0.369 e. The maximum atomic E-state index is 12.4. The van der Waals surface area contributed by atoms with Crippen molar-refractivity contribution in [1.29, 1.82) is 0 Å². The Balaban J connectivity index is 1.59. The van der Waals surface area contributed by atoms with Crippen LogP contribution < -0.4 is 10.2 Å². The summed E-state index contributed by atoms with van der Waals surface area (Å²) in [6.45, 7) is 9.43. The number of nitrogens with one attached hydrogen (secondary N) is 1. The number of anilines is 2. The molecule has 2 aromatic carbocycles. The van der Waals surface area contributed by atoms with Crippen molar-refractivity contribution < 1.29 is 4.79 Å². The van der Waals surface area contributed by atoms with Crippen molar-refractivity contribution in [2.75, 3.05) is 22.5 Å². The Morgan fingerprint density at radius 3 is 2.62 bits per heavy atom. The van der Waals surface area contributed by atoms with Gasteiger partial charge in [0.05, 0.1) is 11.4 Å². The molecule has 0 aliphatic heterocycles. The smallest absolute Gasteiger partial charge is 0.234 e. The number of aryl methyl sites for hydroxylation is 1. The van der Waals surface area contributed by atoms with E-state index in [0.717, 1.165) is 29.2 Å². The van der Waals surface area contributed by atoms with Crippen LogP contribution in [0.2, 0.25) is 0 Å². The van der Waals surface area contributed by atoms with E-state index < -0.39 is 0 Å². The maximum absolute atomic E-state index is 12.4. The van der Waals surface area contributed by atoms with Crippen molar-refractivity contribution in [3.8, 4) is 5.69 Å². The van der Waals surface area contributed by atoms with E-state index in [1.54, 1.807) is 4.68 Å². The fourth-order valence-electron chi connectivity index (χ4n) is 3.10. The minimum atomic E-state index is -0.0993. The molecule has 8 heteroatoms. The van der Waals surface area contributed by atoms with Crippen LogP contribution in [0.3, 0.4) is 0 Å². The molecule has 152 valence electrons. The number of hydrogen-bond donors (Lipinski definition) is 1. The van der Waals surface area contributed by atoms with E-state index in [0.29, 0.717) is 11.2 Å². The molecule has 29 heavy (non-hydrogen) atoms. The zero-order valence-electron chi connectivity index (χ0n) is 17.2. The van der Waals surface area contributed by atoms with Gasteiger partial charge in [0.15, 0.2) is 0 Å². The van der Waals surface area contributed by atoms with Gasteiger partial charge in [-0.05, 0) is 80.1 Å². The largest absolute Gasteiger partial charge is 0.369 e. The fraction of sp³-hybridized carbons (Fsp3) is 0.333. The number of thioether (sulfide) groups is 1. The van der Waals surface area contributed by atoms with Gasteiger partial charge in [0, 0.05) is 24.0 Å². The SMILES string of the molecule is CCN(c1ccc(NC(=O)CSc2nnnn2-c2cccc(C)c2)cc1)C(C)C. The van der Waals surface area contributed by atoms with Gasteiger partial charge in [-0.1, -0.05) is 23.9 Å². The second-order valence-electron chi connectivity index (χ2n) is 6.98. The van der Waals surface area contributed by atoms with Crippen LogP contribution in [0.1, 0.15) is 26.3 Å². The Hall–Kier alpha value is -2.87. The first-order valence-corrected chi connectivity index (χ1v) is 10.6. The lowest BCUT2D eigenvalue weighted by Crippen LogP contribution is -2.30. The molecule has 1 heterocycles. The van der Waals surface area contributed by atoms with Gasteiger partial charge >= 0.3 is 0 Å². The monoisotopic (exact) mass is 410 g/mol. The highest BCUT2D eigenvalue weighted by molar-refractivity contribution is 7.99. The van der Waals surface area contributed by atoms with Gasteiger partial charge in [-0.2, -0.15) is 4.68 Å². The molecule has 1 N–H and O–H groups in total. The van der Waals surface area contributed by atoms with E-state index in [1.165, 1.54) is 11.8 Å². The predicted molar refractivity (Wildman–Crippen MR) is 118 cm³/mol. The molecule has 1 aromatic heterocycles. The molecule has 3 rings (SSSR count). The molecule has 0 radical (unpaired) electrons. The lowest BCUT2D eigenvalue weighted by molar-refractivity contribution is -0.113. The highest BCUT2D eigenvalue weighted by atomic mass is 32.2. The van der Waals surface area contributed by atoms with E-state index in [9.17, 15) is 4.79 Å². The molecule has 0 spiro atoms. The van der Waals surface area contributed by atoms with Crippen molar-refractivity contribution in [3.63, 3.8) is 0 Å². The van der Waals surface area contributed by atoms with Crippen molar-refractivity contribution in [2.24, 2.45) is 0 Å². The summed E-state index contributed by atoms with van der Waals surface area (Å²) in [4.78, 5) is 14.7. The summed E-state index contributed by atoms with van der Waals surface area (Å²) in [7, 11) is 0. The van der Waals surface area contributed by atoms with Crippen LogP contribution in [0.4, 0.5) is 11.4 Å². The Labute approximate surface area is 175 Å². The summed E-state index contributed by atoms with van der Waals surface area (Å²) in [6, 6.07) is 16.3. The minimum absolute atomic E-state index is 0.0993. The predicted octanol–water partition coefficient (Wildman–Crippen LogP) is 3.94. The molecule has 0 fully saturated rings. The number of nitrogens with zero attached hydrogens (tertiary/aromatic N) is 5. The Kier molecular flexibility index (Phi) is 6.87. The summed E-state index contributed by atoms with van der Waals surface area (Å²) in [5.74, 6) is 0.124. The standard InChI is InChI=1S/C21H26N6OS/c1-5-26(15(2)3)18-11-9-17(10-12-18)22-20(28)14-29-21-23-24-25-27(21)19-8-6-7-16(4)13-19/h6-13,15H,5,14H2,1-4H3,(H,22,28). The molecule has 0 bridgehead atoms. The first-order valence-electron chi connectivity index (χ1n) is 9.62. The quantitative estimate of drug-likeness (QED) is 0.567. The summed E-state index contributed by atoms with van der Waals surface area (Å²) < 4.78 is 1.64. The molecule has 0 unspecified atom stereocenters. The normalized spacial score (nSPS) is 10.9. The molecule has 0 atom stereocenters. The summed E-state index contributed by atoms with van der Waals surface area (Å²) >= 11 is 1.30. The lowest BCUT2D eigenvalue weighted by atomic mass is 10.2. The van der Waals surface area contributed by atoms with Crippen LogP contribution in [-0.4, -0.2) is 44.5 Å². The average Bonchev–Trinajstić information content (AvgIpc) is 3.17. The van der Waals surface area contributed by atoms with Gasteiger partial charge in [-0.3, -0.25) is 4.79 Å². The molecule has 1 amide bonds. The van der Waals surface area contributed by atoms with Crippen LogP contribution >= 0.6 is 11.8 Å². The zero-order chi connectivity index (χ0) is 20.8. The number of amides is 1. The van der Waals surface area contributed by atoms with Gasteiger partial charge in [-0.15, -0.1) is 5.10 Å². The van der Waals surface area contributed by atoms with E-state index in [2.05, 4.69) is 46.5 Å². The number of tetrazole rings is 1. The first kappa shape index (κ1) is 20.9. The summed E-state index contributed by atoms with van der Waals surface area (Å²) in [5, 5.41) is 15.3. The number of carbonyl (C=O) groups is 1. The summed E-state index contributed by atoms with van der Waals surface area (Å²) in [5.41, 5.74) is 3.91. The molecule has 0 aliphatic carbocycles. The maximum Gasteiger partial charge on any atom is 0.234 e. The lowest BCUT2D eigenvalue weighted by Gasteiger charge is -2.27. The van der Waals surface area contributed by atoms with E-state index in [-0.39, 0.29) is 11.7 Å². The third-order valence-electron chi connectivity index (χ3n) is 4.47. The molecule has 0 saturated carbocycles. The first-order chi connectivity index (χ1) is 14.0. The average molecular weight is 411 g/mol. The molecule has 3 aromatic rings. The van der Waals surface area contributed by atoms with Gasteiger partial charge < -0.3 is 10.2 Å². The molecule has 0 saturated heterocycles. The van der Waals surface area contributed by atoms with Crippen LogP contribution in [0.15, 0.2) is 53.7 Å². The molecular formula is C21H26N6OS. The Morgan fingerprint density at radius 1 is 1.21 bits per heavy atom. The second kappa shape index (κ2) is 9.56. The van der Waals surface area contributed by atoms with Crippen molar-refractivity contribution in [1.82, 2.24) is 20.2 Å². The third kappa shape index (κ3) is 5.35. The van der Waals surface area contributed by atoms with Crippen molar-refractivity contribution in [2.45, 2.75) is 38.9 Å². The van der Waals surface area contributed by atoms with Gasteiger partial charge in [0.2, 0.25) is 11.1 Å².